The van der Waals surface area contributed by atoms with E-state index in [4.69, 9.17) is 14.2 Å². The second-order valence-electron chi connectivity index (χ2n) is 5.70. The lowest BCUT2D eigenvalue weighted by atomic mass is 10.1. The molecule has 2 aromatic carbocycles. The summed E-state index contributed by atoms with van der Waals surface area (Å²) in [4.78, 5) is 0. The van der Waals surface area contributed by atoms with Gasteiger partial charge in [-0.3, -0.25) is 0 Å². The maximum absolute atomic E-state index is 10.5. The summed E-state index contributed by atoms with van der Waals surface area (Å²) in [5.74, 6) is 0. The summed E-state index contributed by atoms with van der Waals surface area (Å²) >= 11 is 0. The molecule has 1 fully saturated rings. The lowest BCUT2D eigenvalue weighted by Crippen LogP contribution is -2.49. The highest BCUT2D eigenvalue weighted by molar-refractivity contribution is 5.14. The highest BCUT2D eigenvalue weighted by atomic mass is 16.6. The summed E-state index contributed by atoms with van der Waals surface area (Å²) in [6.45, 7) is 1.69. The van der Waals surface area contributed by atoms with Crippen molar-refractivity contribution < 1.29 is 19.3 Å². The van der Waals surface area contributed by atoms with E-state index in [0.29, 0.717) is 26.4 Å². The molecule has 4 heteroatoms. The van der Waals surface area contributed by atoms with Gasteiger partial charge >= 0.3 is 0 Å². The standard InChI is InChI=1S/C19H22O4/c20-19-17(22-11-15-7-3-1-4-8-15)13-21-14-18(19)23-12-16-9-5-2-6-10-16/h1-10,17-20H,11-14H2/t17-,18?,19?/m1/s1. The van der Waals surface area contributed by atoms with E-state index >= 15 is 0 Å². The molecule has 4 nitrogen and oxygen atoms in total. The third-order valence-electron chi connectivity index (χ3n) is 3.94. The number of hydrogen-bond donors (Lipinski definition) is 1. The average Bonchev–Trinajstić information content (AvgIpc) is 2.61. The molecule has 0 spiro atoms. The molecule has 2 unspecified atom stereocenters. The van der Waals surface area contributed by atoms with Gasteiger partial charge in [-0.25, -0.2) is 0 Å². The van der Waals surface area contributed by atoms with Crippen LogP contribution in [0.5, 0.6) is 0 Å². The monoisotopic (exact) mass is 314 g/mol. The Bertz CT molecular complexity index is 521. The quantitative estimate of drug-likeness (QED) is 0.890. The van der Waals surface area contributed by atoms with Crippen LogP contribution < -0.4 is 0 Å². The minimum Gasteiger partial charge on any atom is -0.388 e. The lowest BCUT2D eigenvalue weighted by Gasteiger charge is -2.34. The number of hydrogen-bond acceptors (Lipinski definition) is 4. The van der Waals surface area contributed by atoms with Gasteiger partial charge in [0, 0.05) is 0 Å². The molecule has 1 aliphatic heterocycles. The first-order chi connectivity index (χ1) is 11.3. The van der Waals surface area contributed by atoms with Gasteiger partial charge < -0.3 is 19.3 Å². The van der Waals surface area contributed by atoms with Crippen LogP contribution >= 0.6 is 0 Å². The first kappa shape index (κ1) is 16.1. The zero-order valence-electron chi connectivity index (χ0n) is 13.0. The van der Waals surface area contributed by atoms with Gasteiger partial charge in [0.1, 0.15) is 18.3 Å². The van der Waals surface area contributed by atoms with E-state index in [-0.39, 0.29) is 12.2 Å². The van der Waals surface area contributed by atoms with Crippen LogP contribution in [0.1, 0.15) is 11.1 Å². The maximum Gasteiger partial charge on any atom is 0.111 e. The van der Waals surface area contributed by atoms with Crippen LogP contribution in [0.2, 0.25) is 0 Å². The van der Waals surface area contributed by atoms with Crippen LogP contribution in [-0.4, -0.2) is 36.6 Å². The molecule has 122 valence electrons. The molecule has 0 aliphatic carbocycles. The molecule has 1 saturated heterocycles. The van der Waals surface area contributed by atoms with Crippen molar-refractivity contribution >= 4 is 0 Å². The molecular weight excluding hydrogens is 292 g/mol. The van der Waals surface area contributed by atoms with Crippen LogP contribution in [0.3, 0.4) is 0 Å². The summed E-state index contributed by atoms with van der Waals surface area (Å²) in [5, 5.41) is 10.5. The Kier molecular flexibility index (Phi) is 5.77. The zero-order chi connectivity index (χ0) is 15.9. The third kappa shape index (κ3) is 4.62. The van der Waals surface area contributed by atoms with E-state index in [9.17, 15) is 5.11 Å². The van der Waals surface area contributed by atoms with Crippen LogP contribution in [0.15, 0.2) is 60.7 Å². The first-order valence-corrected chi connectivity index (χ1v) is 7.90. The molecule has 1 aliphatic rings. The highest BCUT2D eigenvalue weighted by Crippen LogP contribution is 2.18. The number of ether oxygens (including phenoxy) is 3. The number of benzene rings is 2. The molecule has 1 N–H and O–H groups in total. The molecule has 0 bridgehead atoms. The van der Waals surface area contributed by atoms with Crippen LogP contribution in [-0.2, 0) is 27.4 Å². The van der Waals surface area contributed by atoms with Crippen molar-refractivity contribution in [1.29, 1.82) is 0 Å². The number of rotatable bonds is 6. The van der Waals surface area contributed by atoms with E-state index in [1.54, 1.807) is 0 Å². The van der Waals surface area contributed by atoms with Crippen molar-refractivity contribution in [3.05, 3.63) is 71.8 Å². The molecular formula is C19H22O4. The van der Waals surface area contributed by atoms with Gasteiger partial charge in [-0.05, 0) is 11.1 Å². The van der Waals surface area contributed by atoms with Gasteiger partial charge in [0.05, 0.1) is 26.4 Å². The fourth-order valence-electron chi connectivity index (χ4n) is 2.59. The fraction of sp³-hybridized carbons (Fsp3) is 0.368. The predicted molar refractivity (Wildman–Crippen MR) is 86.9 cm³/mol. The van der Waals surface area contributed by atoms with E-state index < -0.39 is 6.10 Å². The summed E-state index contributed by atoms with van der Waals surface area (Å²) in [7, 11) is 0. The van der Waals surface area contributed by atoms with Crippen molar-refractivity contribution in [2.45, 2.75) is 31.5 Å². The van der Waals surface area contributed by atoms with Gasteiger partial charge in [-0.1, -0.05) is 60.7 Å². The van der Waals surface area contributed by atoms with Crippen molar-refractivity contribution in [2.75, 3.05) is 13.2 Å². The molecule has 23 heavy (non-hydrogen) atoms. The smallest absolute Gasteiger partial charge is 0.111 e. The number of aliphatic hydroxyl groups is 1. The SMILES string of the molecule is OC1C(OCc2ccccc2)COC[C@H]1OCc1ccccc1. The van der Waals surface area contributed by atoms with E-state index in [2.05, 4.69) is 0 Å². The summed E-state index contributed by atoms with van der Waals surface area (Å²) < 4.78 is 17.1. The summed E-state index contributed by atoms with van der Waals surface area (Å²) in [5.41, 5.74) is 2.15. The van der Waals surface area contributed by atoms with Gasteiger partial charge in [-0.15, -0.1) is 0 Å². The Morgan fingerprint density at radius 1 is 0.783 bits per heavy atom. The fourth-order valence-corrected chi connectivity index (χ4v) is 2.59. The Balaban J connectivity index is 1.50. The molecule has 3 atom stereocenters. The van der Waals surface area contributed by atoms with Crippen LogP contribution in [0.4, 0.5) is 0 Å². The highest BCUT2D eigenvalue weighted by Gasteiger charge is 2.34. The average molecular weight is 314 g/mol. The van der Waals surface area contributed by atoms with Crippen LogP contribution in [0.25, 0.3) is 0 Å². The zero-order valence-corrected chi connectivity index (χ0v) is 13.0. The minimum absolute atomic E-state index is 0.371. The van der Waals surface area contributed by atoms with Gasteiger partial charge in [0.25, 0.3) is 0 Å². The van der Waals surface area contributed by atoms with Crippen molar-refractivity contribution in [1.82, 2.24) is 0 Å². The third-order valence-corrected chi connectivity index (χ3v) is 3.94. The van der Waals surface area contributed by atoms with Gasteiger partial charge in [-0.2, -0.15) is 0 Å². The Hall–Kier alpha value is -1.72. The largest absolute Gasteiger partial charge is 0.388 e. The van der Waals surface area contributed by atoms with Gasteiger partial charge in [0.2, 0.25) is 0 Å². The topological polar surface area (TPSA) is 47.9 Å². The molecule has 0 amide bonds. The van der Waals surface area contributed by atoms with Crippen molar-refractivity contribution in [3.8, 4) is 0 Å². The minimum atomic E-state index is -0.684. The second kappa shape index (κ2) is 8.22. The molecule has 0 aromatic heterocycles. The second-order valence-corrected chi connectivity index (χ2v) is 5.70. The molecule has 2 aromatic rings. The van der Waals surface area contributed by atoms with Gasteiger partial charge in [0.15, 0.2) is 0 Å². The Morgan fingerprint density at radius 3 is 1.65 bits per heavy atom. The molecule has 1 heterocycles. The van der Waals surface area contributed by atoms with E-state index in [1.807, 2.05) is 60.7 Å². The molecule has 3 rings (SSSR count). The normalized spacial score (nSPS) is 24.5. The molecule has 0 saturated carbocycles. The Labute approximate surface area is 136 Å². The maximum atomic E-state index is 10.5. The van der Waals surface area contributed by atoms with E-state index in [0.717, 1.165) is 11.1 Å². The Morgan fingerprint density at radius 2 is 1.22 bits per heavy atom. The summed E-state index contributed by atoms with van der Waals surface area (Å²) in [6, 6.07) is 19.8. The first-order valence-electron chi connectivity index (χ1n) is 7.90. The van der Waals surface area contributed by atoms with Crippen LogP contribution in [0, 0.1) is 0 Å². The number of aliphatic hydroxyl groups excluding tert-OH is 1. The lowest BCUT2D eigenvalue weighted by molar-refractivity contribution is -0.191. The summed E-state index contributed by atoms with van der Waals surface area (Å²) in [6.07, 6.45) is -1.43. The van der Waals surface area contributed by atoms with Crippen molar-refractivity contribution in [3.63, 3.8) is 0 Å². The predicted octanol–water partition coefficient (Wildman–Crippen LogP) is 2.55. The molecule has 0 radical (unpaired) electrons. The van der Waals surface area contributed by atoms with Crippen molar-refractivity contribution in [2.24, 2.45) is 0 Å². The van der Waals surface area contributed by atoms with E-state index in [1.165, 1.54) is 0 Å².